The summed E-state index contributed by atoms with van der Waals surface area (Å²) in [5.41, 5.74) is 2.12. The summed E-state index contributed by atoms with van der Waals surface area (Å²) < 4.78 is 11.4. The molecule has 0 radical (unpaired) electrons. The van der Waals surface area contributed by atoms with Gasteiger partial charge in [-0.3, -0.25) is 9.19 Å². The zero-order valence-corrected chi connectivity index (χ0v) is 9.31. The third kappa shape index (κ3) is 2.15. The van der Waals surface area contributed by atoms with E-state index in [0.717, 1.165) is 16.2 Å². The second kappa shape index (κ2) is 4.01. The largest absolute Gasteiger partial charge is 0.261 e. The highest BCUT2D eigenvalue weighted by Crippen LogP contribution is 2.23. The number of aryl methyl sites for hydroxylation is 1. The normalized spacial score (nSPS) is 13.3. The van der Waals surface area contributed by atoms with E-state index in [1.807, 2.05) is 13.0 Å². The van der Waals surface area contributed by atoms with Crippen LogP contribution in [0.5, 0.6) is 0 Å². The van der Waals surface area contributed by atoms with E-state index in [1.54, 1.807) is 12.5 Å². The van der Waals surface area contributed by atoms with E-state index in [0.29, 0.717) is 5.92 Å². The van der Waals surface area contributed by atoms with Crippen LogP contribution in [-0.4, -0.2) is 15.4 Å². The summed E-state index contributed by atoms with van der Waals surface area (Å²) in [6.45, 7) is 6.16. The molecule has 0 aliphatic carbocycles. The van der Waals surface area contributed by atoms with Crippen LogP contribution in [-0.2, 0) is 10.8 Å². The molecule has 1 aromatic rings. The van der Waals surface area contributed by atoms with Crippen LogP contribution in [0.4, 0.5) is 0 Å². The van der Waals surface area contributed by atoms with Gasteiger partial charge in [0.05, 0.1) is 10.8 Å². The van der Waals surface area contributed by atoms with E-state index in [9.17, 15) is 4.21 Å². The molecule has 0 aliphatic heterocycles. The smallest absolute Gasteiger partial charge is 0.0502 e. The molecular weight excluding hydrogens is 182 g/mol. The minimum atomic E-state index is -0.911. The lowest BCUT2D eigenvalue weighted by atomic mass is 10.0. The Morgan fingerprint density at radius 1 is 1.46 bits per heavy atom. The standard InChI is InChI=1S/C10H15NOS/c1-7(2)10-8(3)11-6-5-9(10)13(4)12/h5-7H,1-4H3. The number of aromatic nitrogens is 1. The fourth-order valence-electron chi connectivity index (χ4n) is 1.51. The summed E-state index contributed by atoms with van der Waals surface area (Å²) >= 11 is 0. The van der Waals surface area contributed by atoms with Crippen molar-refractivity contribution in [1.82, 2.24) is 4.98 Å². The van der Waals surface area contributed by atoms with Crippen molar-refractivity contribution in [3.63, 3.8) is 0 Å². The van der Waals surface area contributed by atoms with Crippen LogP contribution in [0.2, 0.25) is 0 Å². The molecule has 72 valence electrons. The zero-order valence-electron chi connectivity index (χ0n) is 8.50. The summed E-state index contributed by atoms with van der Waals surface area (Å²) in [5, 5.41) is 0. The highest BCUT2D eigenvalue weighted by atomic mass is 32.2. The fraction of sp³-hybridized carbons (Fsp3) is 0.500. The maximum Gasteiger partial charge on any atom is 0.0502 e. The number of pyridine rings is 1. The van der Waals surface area contributed by atoms with Crippen LogP contribution in [0, 0.1) is 6.92 Å². The predicted molar refractivity (Wildman–Crippen MR) is 55.4 cm³/mol. The molecule has 3 heteroatoms. The first kappa shape index (κ1) is 10.4. The molecular formula is C10H15NOS. The first-order valence-corrected chi connectivity index (χ1v) is 5.88. The lowest BCUT2D eigenvalue weighted by Crippen LogP contribution is -2.02. The van der Waals surface area contributed by atoms with E-state index in [2.05, 4.69) is 18.8 Å². The molecule has 1 rings (SSSR count). The molecule has 0 aliphatic rings. The van der Waals surface area contributed by atoms with Gasteiger partial charge in [0.1, 0.15) is 0 Å². The first-order chi connectivity index (χ1) is 6.04. The Morgan fingerprint density at radius 3 is 2.46 bits per heavy atom. The van der Waals surface area contributed by atoms with Crippen molar-refractivity contribution in [3.8, 4) is 0 Å². The van der Waals surface area contributed by atoms with Crippen LogP contribution >= 0.6 is 0 Å². The highest BCUT2D eigenvalue weighted by molar-refractivity contribution is 7.84. The Labute approximate surface area is 81.9 Å². The van der Waals surface area contributed by atoms with Crippen molar-refractivity contribution in [2.45, 2.75) is 31.6 Å². The van der Waals surface area contributed by atoms with Crippen molar-refractivity contribution >= 4 is 10.8 Å². The lowest BCUT2D eigenvalue weighted by molar-refractivity contribution is 0.683. The molecule has 0 spiro atoms. The number of nitrogens with zero attached hydrogens (tertiary/aromatic N) is 1. The maximum absolute atomic E-state index is 11.4. The van der Waals surface area contributed by atoms with Gasteiger partial charge in [-0.05, 0) is 24.5 Å². The van der Waals surface area contributed by atoms with Gasteiger partial charge in [0, 0.05) is 23.0 Å². The molecule has 0 N–H and O–H groups in total. The van der Waals surface area contributed by atoms with Gasteiger partial charge in [-0.25, -0.2) is 0 Å². The Hall–Kier alpha value is -0.700. The van der Waals surface area contributed by atoms with Crippen LogP contribution in [0.15, 0.2) is 17.2 Å². The summed E-state index contributed by atoms with van der Waals surface area (Å²) in [6, 6.07) is 1.85. The van der Waals surface area contributed by atoms with Gasteiger partial charge in [-0.1, -0.05) is 13.8 Å². The monoisotopic (exact) mass is 197 g/mol. The Kier molecular flexibility index (Phi) is 3.20. The van der Waals surface area contributed by atoms with Gasteiger partial charge < -0.3 is 0 Å². The van der Waals surface area contributed by atoms with Gasteiger partial charge in [-0.2, -0.15) is 0 Å². The molecule has 0 aromatic carbocycles. The molecule has 0 fully saturated rings. The third-order valence-corrected chi connectivity index (χ3v) is 3.01. The van der Waals surface area contributed by atoms with Crippen LogP contribution in [0.25, 0.3) is 0 Å². The third-order valence-electron chi connectivity index (χ3n) is 2.04. The first-order valence-electron chi connectivity index (χ1n) is 4.33. The number of hydrogen-bond acceptors (Lipinski definition) is 2. The van der Waals surface area contributed by atoms with Gasteiger partial charge in [0.2, 0.25) is 0 Å². The predicted octanol–water partition coefficient (Wildman–Crippen LogP) is 2.25. The van der Waals surface area contributed by atoms with E-state index >= 15 is 0 Å². The SMILES string of the molecule is Cc1nccc(S(C)=O)c1C(C)C. The minimum absolute atomic E-state index is 0.382. The van der Waals surface area contributed by atoms with Gasteiger partial charge in [0.15, 0.2) is 0 Å². The van der Waals surface area contributed by atoms with E-state index in [4.69, 9.17) is 0 Å². The molecule has 0 saturated carbocycles. The summed E-state index contributed by atoms with van der Waals surface area (Å²) in [5.74, 6) is 0.382. The second-order valence-electron chi connectivity index (χ2n) is 3.42. The van der Waals surface area contributed by atoms with Crippen LogP contribution in [0.1, 0.15) is 31.0 Å². The van der Waals surface area contributed by atoms with E-state index < -0.39 is 10.8 Å². The Bertz CT molecular complexity index is 334. The van der Waals surface area contributed by atoms with Crippen molar-refractivity contribution in [3.05, 3.63) is 23.5 Å². The van der Waals surface area contributed by atoms with Crippen molar-refractivity contribution in [1.29, 1.82) is 0 Å². The molecule has 0 amide bonds. The lowest BCUT2D eigenvalue weighted by Gasteiger charge is -2.12. The topological polar surface area (TPSA) is 30.0 Å². The Balaban J connectivity index is 3.34. The van der Waals surface area contributed by atoms with Crippen LogP contribution in [0.3, 0.4) is 0 Å². The molecule has 0 saturated heterocycles. The summed E-state index contributed by atoms with van der Waals surface area (Å²) in [7, 11) is -0.911. The summed E-state index contributed by atoms with van der Waals surface area (Å²) in [6.07, 6.45) is 3.43. The van der Waals surface area contributed by atoms with E-state index in [1.165, 1.54) is 0 Å². The van der Waals surface area contributed by atoms with Crippen molar-refractivity contribution in [2.75, 3.05) is 6.26 Å². The summed E-state index contributed by atoms with van der Waals surface area (Å²) in [4.78, 5) is 5.13. The molecule has 1 aromatic heterocycles. The second-order valence-corrected chi connectivity index (χ2v) is 4.77. The van der Waals surface area contributed by atoms with Gasteiger partial charge >= 0.3 is 0 Å². The fourth-order valence-corrected chi connectivity index (χ4v) is 2.45. The highest BCUT2D eigenvalue weighted by Gasteiger charge is 2.12. The molecule has 1 heterocycles. The quantitative estimate of drug-likeness (QED) is 0.728. The average Bonchev–Trinajstić information content (AvgIpc) is 2.02. The zero-order chi connectivity index (χ0) is 10.0. The number of rotatable bonds is 2. The van der Waals surface area contributed by atoms with Crippen molar-refractivity contribution in [2.24, 2.45) is 0 Å². The average molecular weight is 197 g/mol. The minimum Gasteiger partial charge on any atom is -0.261 e. The Morgan fingerprint density at radius 2 is 2.08 bits per heavy atom. The van der Waals surface area contributed by atoms with Gasteiger partial charge in [0.25, 0.3) is 0 Å². The van der Waals surface area contributed by atoms with E-state index in [-0.39, 0.29) is 0 Å². The number of hydrogen-bond donors (Lipinski definition) is 0. The van der Waals surface area contributed by atoms with Gasteiger partial charge in [-0.15, -0.1) is 0 Å². The van der Waals surface area contributed by atoms with Crippen molar-refractivity contribution < 1.29 is 4.21 Å². The van der Waals surface area contributed by atoms with Crippen LogP contribution < -0.4 is 0 Å². The maximum atomic E-state index is 11.4. The molecule has 2 nitrogen and oxygen atoms in total. The molecule has 13 heavy (non-hydrogen) atoms. The molecule has 1 atom stereocenters. The molecule has 1 unspecified atom stereocenters. The molecule has 0 bridgehead atoms.